The van der Waals surface area contributed by atoms with Crippen molar-refractivity contribution in [1.82, 2.24) is 9.97 Å². The molecule has 1 aliphatic heterocycles. The second kappa shape index (κ2) is 8.25. The molecule has 6 heteroatoms. The molecule has 140 valence electrons. The lowest BCUT2D eigenvalue weighted by atomic mass is 10.0. The molecule has 0 saturated carbocycles. The van der Waals surface area contributed by atoms with Crippen molar-refractivity contribution in [3.8, 4) is 11.5 Å². The molecule has 0 bridgehead atoms. The largest absolute Gasteiger partial charge is 0.497 e. The number of anilines is 3. The highest BCUT2D eigenvalue weighted by Crippen LogP contribution is 2.32. The highest BCUT2D eigenvalue weighted by molar-refractivity contribution is 5.66. The van der Waals surface area contributed by atoms with Crippen LogP contribution in [-0.4, -0.2) is 36.8 Å². The third-order valence-corrected chi connectivity index (χ3v) is 4.87. The number of hydrogen-bond acceptors (Lipinski definition) is 6. The number of piperidine rings is 1. The van der Waals surface area contributed by atoms with E-state index in [4.69, 9.17) is 19.4 Å². The number of methoxy groups -OCH3 is 2. The summed E-state index contributed by atoms with van der Waals surface area (Å²) in [5.41, 5.74) is 1.80. The highest BCUT2D eigenvalue weighted by Gasteiger charge is 2.23. The zero-order valence-corrected chi connectivity index (χ0v) is 16.1. The van der Waals surface area contributed by atoms with Crippen LogP contribution in [0.15, 0.2) is 24.3 Å². The van der Waals surface area contributed by atoms with Gasteiger partial charge < -0.3 is 19.7 Å². The molecular weight excluding hydrogens is 328 g/mol. The average Bonchev–Trinajstić information content (AvgIpc) is 2.67. The second-order valence-electron chi connectivity index (χ2n) is 6.64. The van der Waals surface area contributed by atoms with Gasteiger partial charge in [-0.3, -0.25) is 0 Å². The highest BCUT2D eigenvalue weighted by atomic mass is 16.5. The first-order chi connectivity index (χ1) is 12.6. The fourth-order valence-electron chi connectivity index (χ4n) is 3.47. The number of aromatic nitrogens is 2. The van der Waals surface area contributed by atoms with E-state index in [2.05, 4.69) is 17.1 Å². The molecule has 0 aliphatic carbocycles. The molecule has 2 aromatic rings. The first-order valence-electron chi connectivity index (χ1n) is 9.26. The van der Waals surface area contributed by atoms with Gasteiger partial charge in [0.15, 0.2) is 0 Å². The zero-order valence-electron chi connectivity index (χ0n) is 16.1. The Bertz CT molecular complexity index is 751. The summed E-state index contributed by atoms with van der Waals surface area (Å²) in [6.07, 6.45) is 4.81. The predicted octanol–water partition coefficient (Wildman–Crippen LogP) is 4.31. The Hall–Kier alpha value is -2.50. The van der Waals surface area contributed by atoms with Crippen molar-refractivity contribution in [3.63, 3.8) is 0 Å². The van der Waals surface area contributed by atoms with E-state index >= 15 is 0 Å². The summed E-state index contributed by atoms with van der Waals surface area (Å²) in [6, 6.07) is 8.17. The van der Waals surface area contributed by atoms with Gasteiger partial charge in [0.2, 0.25) is 5.95 Å². The molecule has 1 unspecified atom stereocenters. The van der Waals surface area contributed by atoms with Gasteiger partial charge in [0.25, 0.3) is 0 Å². The van der Waals surface area contributed by atoms with Crippen molar-refractivity contribution in [1.29, 1.82) is 0 Å². The zero-order chi connectivity index (χ0) is 18.5. The maximum absolute atomic E-state index is 5.47. The molecule has 1 N–H and O–H groups in total. The van der Waals surface area contributed by atoms with Crippen LogP contribution in [-0.2, 0) is 0 Å². The van der Waals surface area contributed by atoms with Gasteiger partial charge in [-0.1, -0.05) is 6.92 Å². The summed E-state index contributed by atoms with van der Waals surface area (Å²) in [6.45, 7) is 5.26. The molecule has 1 aromatic heterocycles. The van der Waals surface area contributed by atoms with Crippen molar-refractivity contribution >= 4 is 17.5 Å². The van der Waals surface area contributed by atoms with Gasteiger partial charge in [-0.15, -0.1) is 0 Å². The van der Waals surface area contributed by atoms with E-state index < -0.39 is 0 Å². The summed E-state index contributed by atoms with van der Waals surface area (Å²) < 4.78 is 10.7. The lowest BCUT2D eigenvalue weighted by molar-refractivity contribution is 0.395. The van der Waals surface area contributed by atoms with Gasteiger partial charge in [-0.05, 0) is 44.7 Å². The molecule has 0 amide bonds. The van der Waals surface area contributed by atoms with Crippen molar-refractivity contribution in [3.05, 3.63) is 30.0 Å². The molecular formula is C20H28N4O2. The number of nitrogens with one attached hydrogen (secondary N) is 1. The Balaban J connectivity index is 1.88. The summed E-state index contributed by atoms with van der Waals surface area (Å²) in [5.74, 6) is 3.06. The lowest BCUT2D eigenvalue weighted by Gasteiger charge is -2.35. The standard InChI is InChI=1S/C20H28N4O2/c1-5-15-8-6-7-11-24(15)20-21-14(2)12-19(23-20)22-17-10-9-16(25-3)13-18(17)26-4/h9-10,12-13,15H,5-8,11H2,1-4H3,(H,21,22,23). The maximum atomic E-state index is 5.47. The third-order valence-electron chi connectivity index (χ3n) is 4.87. The van der Waals surface area contributed by atoms with Crippen LogP contribution in [0.25, 0.3) is 0 Å². The maximum Gasteiger partial charge on any atom is 0.227 e. The number of benzene rings is 1. The van der Waals surface area contributed by atoms with Gasteiger partial charge in [0.1, 0.15) is 17.3 Å². The normalized spacial score (nSPS) is 17.1. The average molecular weight is 356 g/mol. The molecule has 1 aliphatic rings. The van der Waals surface area contributed by atoms with E-state index in [1.165, 1.54) is 19.3 Å². The predicted molar refractivity (Wildman–Crippen MR) is 105 cm³/mol. The first-order valence-corrected chi connectivity index (χ1v) is 9.26. The number of rotatable bonds is 6. The van der Waals surface area contributed by atoms with E-state index in [9.17, 15) is 0 Å². The van der Waals surface area contributed by atoms with Gasteiger partial charge in [0, 0.05) is 30.4 Å². The smallest absolute Gasteiger partial charge is 0.227 e. The van der Waals surface area contributed by atoms with E-state index in [1.807, 2.05) is 31.2 Å². The fourth-order valence-corrected chi connectivity index (χ4v) is 3.47. The van der Waals surface area contributed by atoms with Crippen molar-refractivity contribution in [2.24, 2.45) is 0 Å². The summed E-state index contributed by atoms with van der Waals surface area (Å²) in [5, 5.41) is 3.37. The molecule has 6 nitrogen and oxygen atoms in total. The molecule has 3 rings (SSSR count). The van der Waals surface area contributed by atoms with E-state index in [-0.39, 0.29) is 0 Å². The van der Waals surface area contributed by atoms with Crippen LogP contribution in [0.2, 0.25) is 0 Å². The number of nitrogens with zero attached hydrogens (tertiary/aromatic N) is 3. The van der Waals surface area contributed by atoms with Crippen molar-refractivity contribution in [2.45, 2.75) is 45.6 Å². The Kier molecular flexibility index (Phi) is 5.81. The minimum atomic E-state index is 0.522. The summed E-state index contributed by atoms with van der Waals surface area (Å²) in [7, 11) is 3.29. The Labute approximate surface area is 155 Å². The van der Waals surface area contributed by atoms with Crippen LogP contribution in [0.5, 0.6) is 11.5 Å². The van der Waals surface area contributed by atoms with E-state index in [0.29, 0.717) is 11.8 Å². The molecule has 1 fully saturated rings. The van der Waals surface area contributed by atoms with Crippen molar-refractivity contribution in [2.75, 3.05) is 31.0 Å². The fraction of sp³-hybridized carbons (Fsp3) is 0.500. The molecule has 1 atom stereocenters. The van der Waals surface area contributed by atoms with Crippen LogP contribution in [0.3, 0.4) is 0 Å². The van der Waals surface area contributed by atoms with Crippen LogP contribution in [0.4, 0.5) is 17.5 Å². The number of ether oxygens (including phenoxy) is 2. The monoisotopic (exact) mass is 356 g/mol. The SMILES string of the molecule is CCC1CCCCN1c1nc(C)cc(Nc2ccc(OC)cc2OC)n1. The quantitative estimate of drug-likeness (QED) is 0.832. The number of hydrogen-bond donors (Lipinski definition) is 1. The number of aryl methyl sites for hydroxylation is 1. The first kappa shape index (κ1) is 18.3. The Morgan fingerprint density at radius 2 is 2.00 bits per heavy atom. The second-order valence-corrected chi connectivity index (χ2v) is 6.64. The van der Waals surface area contributed by atoms with Gasteiger partial charge >= 0.3 is 0 Å². The van der Waals surface area contributed by atoms with Crippen LogP contribution < -0.4 is 19.7 Å². The minimum Gasteiger partial charge on any atom is -0.497 e. The minimum absolute atomic E-state index is 0.522. The van der Waals surface area contributed by atoms with E-state index in [0.717, 1.165) is 41.9 Å². The summed E-state index contributed by atoms with van der Waals surface area (Å²) in [4.78, 5) is 11.8. The molecule has 0 radical (unpaired) electrons. The molecule has 1 saturated heterocycles. The molecule has 26 heavy (non-hydrogen) atoms. The molecule has 2 heterocycles. The Morgan fingerprint density at radius 1 is 1.15 bits per heavy atom. The van der Waals surface area contributed by atoms with Crippen molar-refractivity contribution < 1.29 is 9.47 Å². The molecule has 1 aromatic carbocycles. The van der Waals surface area contributed by atoms with Gasteiger partial charge in [-0.2, -0.15) is 4.98 Å². The van der Waals surface area contributed by atoms with Crippen LogP contribution in [0, 0.1) is 6.92 Å². The Morgan fingerprint density at radius 3 is 2.73 bits per heavy atom. The molecule has 0 spiro atoms. The lowest BCUT2D eigenvalue weighted by Crippen LogP contribution is -2.40. The van der Waals surface area contributed by atoms with Crippen LogP contribution in [0.1, 0.15) is 38.3 Å². The van der Waals surface area contributed by atoms with Gasteiger partial charge in [-0.25, -0.2) is 4.98 Å². The van der Waals surface area contributed by atoms with Gasteiger partial charge in [0.05, 0.1) is 19.9 Å². The van der Waals surface area contributed by atoms with E-state index in [1.54, 1.807) is 14.2 Å². The third kappa shape index (κ3) is 4.00. The topological polar surface area (TPSA) is 59.5 Å². The van der Waals surface area contributed by atoms with Crippen LogP contribution >= 0.6 is 0 Å². The summed E-state index contributed by atoms with van der Waals surface area (Å²) >= 11 is 0.